The Hall–Kier alpha value is -1.55. The van der Waals surface area contributed by atoms with Crippen molar-refractivity contribution in [2.24, 2.45) is 0 Å². The summed E-state index contributed by atoms with van der Waals surface area (Å²) < 4.78 is 0. The van der Waals surface area contributed by atoms with Crippen LogP contribution in [0.2, 0.25) is 0 Å². The van der Waals surface area contributed by atoms with Crippen LogP contribution in [0.5, 0.6) is 0 Å². The Morgan fingerprint density at radius 2 is 2.17 bits per heavy atom. The van der Waals surface area contributed by atoms with Crippen LogP contribution in [0.15, 0.2) is 24.3 Å². The van der Waals surface area contributed by atoms with Crippen LogP contribution in [-0.2, 0) is 4.79 Å². The molecule has 1 aliphatic heterocycles. The van der Waals surface area contributed by atoms with E-state index in [1.165, 1.54) is 0 Å². The molecule has 0 aromatic heterocycles. The first-order valence-electron chi connectivity index (χ1n) is 3.62. The van der Waals surface area contributed by atoms with Gasteiger partial charge in [0.2, 0.25) is 0 Å². The predicted molar refractivity (Wildman–Crippen MR) is 43.6 cm³/mol. The molecular formula is C8H8N2O2. The maximum atomic E-state index is 10.7. The van der Waals surface area contributed by atoms with Gasteiger partial charge in [-0.15, -0.1) is 0 Å². The van der Waals surface area contributed by atoms with E-state index >= 15 is 0 Å². The lowest BCUT2D eigenvalue weighted by atomic mass is 10.1. The topological polar surface area (TPSA) is 61.4 Å². The third kappa shape index (κ3) is 0.931. The van der Waals surface area contributed by atoms with Crippen molar-refractivity contribution >= 4 is 11.7 Å². The van der Waals surface area contributed by atoms with Crippen LogP contribution in [0.25, 0.3) is 0 Å². The van der Waals surface area contributed by atoms with Crippen LogP contribution < -0.4 is 10.9 Å². The summed E-state index contributed by atoms with van der Waals surface area (Å²) in [5, 5.41) is 8.76. The number of aliphatic carboxylic acids is 1. The second-order valence-electron chi connectivity index (χ2n) is 2.63. The summed E-state index contributed by atoms with van der Waals surface area (Å²) in [6.07, 6.45) is 0. The summed E-state index contributed by atoms with van der Waals surface area (Å²) in [6, 6.07) is 6.69. The fraction of sp³-hybridized carbons (Fsp3) is 0.125. The molecule has 3 N–H and O–H groups in total. The van der Waals surface area contributed by atoms with Gasteiger partial charge >= 0.3 is 5.97 Å². The van der Waals surface area contributed by atoms with Gasteiger partial charge in [0, 0.05) is 5.56 Å². The van der Waals surface area contributed by atoms with Crippen molar-refractivity contribution in [1.29, 1.82) is 0 Å². The highest BCUT2D eigenvalue weighted by atomic mass is 16.4. The fourth-order valence-corrected chi connectivity index (χ4v) is 1.29. The molecule has 1 unspecified atom stereocenters. The Morgan fingerprint density at radius 3 is 2.92 bits per heavy atom. The molecule has 12 heavy (non-hydrogen) atoms. The molecule has 0 amide bonds. The van der Waals surface area contributed by atoms with Gasteiger partial charge in [-0.25, -0.2) is 5.43 Å². The number of hydrazine groups is 1. The summed E-state index contributed by atoms with van der Waals surface area (Å²) in [7, 11) is 0. The summed E-state index contributed by atoms with van der Waals surface area (Å²) in [5.74, 6) is -0.868. The van der Waals surface area contributed by atoms with Gasteiger partial charge in [0.15, 0.2) is 6.04 Å². The molecule has 0 aliphatic carbocycles. The number of carboxylic acid groups (broad SMARTS) is 1. The fourth-order valence-electron chi connectivity index (χ4n) is 1.29. The average molecular weight is 164 g/mol. The molecule has 0 spiro atoms. The summed E-state index contributed by atoms with van der Waals surface area (Å²) in [6.45, 7) is 0. The van der Waals surface area contributed by atoms with E-state index in [1.54, 1.807) is 6.07 Å². The van der Waals surface area contributed by atoms with Crippen molar-refractivity contribution in [3.8, 4) is 0 Å². The van der Waals surface area contributed by atoms with Crippen LogP contribution in [-0.4, -0.2) is 11.1 Å². The molecular weight excluding hydrogens is 156 g/mol. The third-order valence-electron chi connectivity index (χ3n) is 1.87. The molecule has 1 heterocycles. The van der Waals surface area contributed by atoms with Crippen LogP contribution in [0, 0.1) is 0 Å². The Kier molecular flexibility index (Phi) is 1.48. The number of hydrogen-bond acceptors (Lipinski definition) is 3. The number of fused-ring (bicyclic) bond motifs is 1. The maximum Gasteiger partial charge on any atom is 0.327 e. The first-order chi connectivity index (χ1) is 5.79. The number of benzene rings is 1. The molecule has 0 saturated heterocycles. The maximum absolute atomic E-state index is 10.7. The molecule has 1 aromatic carbocycles. The number of anilines is 1. The van der Waals surface area contributed by atoms with Gasteiger partial charge < -0.3 is 10.5 Å². The molecule has 4 heteroatoms. The van der Waals surface area contributed by atoms with Gasteiger partial charge in [0.05, 0.1) is 5.69 Å². The Morgan fingerprint density at radius 1 is 1.42 bits per heavy atom. The van der Waals surface area contributed by atoms with E-state index in [1.807, 2.05) is 18.2 Å². The van der Waals surface area contributed by atoms with Crippen molar-refractivity contribution in [3.05, 3.63) is 29.8 Å². The highest BCUT2D eigenvalue weighted by molar-refractivity contribution is 5.80. The van der Waals surface area contributed by atoms with Gasteiger partial charge in [-0.3, -0.25) is 4.79 Å². The normalized spacial score (nSPS) is 19.8. The van der Waals surface area contributed by atoms with Crippen LogP contribution >= 0.6 is 0 Å². The molecule has 2 rings (SSSR count). The van der Waals surface area contributed by atoms with Gasteiger partial charge in [0.25, 0.3) is 0 Å². The van der Waals surface area contributed by atoms with Crippen molar-refractivity contribution < 1.29 is 9.90 Å². The van der Waals surface area contributed by atoms with Gasteiger partial charge in [-0.2, -0.15) is 0 Å². The van der Waals surface area contributed by atoms with E-state index in [4.69, 9.17) is 5.11 Å². The first kappa shape index (κ1) is 7.12. The largest absolute Gasteiger partial charge is 0.480 e. The van der Waals surface area contributed by atoms with Crippen LogP contribution in [0.4, 0.5) is 5.69 Å². The zero-order valence-electron chi connectivity index (χ0n) is 6.24. The highest BCUT2D eigenvalue weighted by Gasteiger charge is 2.26. The second-order valence-corrected chi connectivity index (χ2v) is 2.63. The lowest BCUT2D eigenvalue weighted by Crippen LogP contribution is -2.25. The molecule has 1 aliphatic rings. The summed E-state index contributed by atoms with van der Waals surface area (Å²) in [4.78, 5) is 10.7. The minimum Gasteiger partial charge on any atom is -0.480 e. The average Bonchev–Trinajstić information content (AvgIpc) is 2.47. The van der Waals surface area contributed by atoms with Gasteiger partial charge in [0.1, 0.15) is 0 Å². The van der Waals surface area contributed by atoms with Crippen LogP contribution in [0.3, 0.4) is 0 Å². The number of carbonyl (C=O) groups is 1. The molecule has 62 valence electrons. The molecule has 1 aromatic rings. The monoisotopic (exact) mass is 164 g/mol. The number of nitrogens with one attached hydrogen (secondary N) is 2. The minimum absolute atomic E-state index is 0.624. The molecule has 0 fully saturated rings. The van der Waals surface area contributed by atoms with Gasteiger partial charge in [-0.05, 0) is 6.07 Å². The zero-order valence-corrected chi connectivity index (χ0v) is 6.24. The Bertz CT molecular complexity index is 325. The van der Waals surface area contributed by atoms with E-state index in [9.17, 15) is 4.79 Å². The van der Waals surface area contributed by atoms with E-state index < -0.39 is 12.0 Å². The standard InChI is InChI=1S/C8H8N2O2/c11-8(12)7-5-3-1-2-4-6(5)9-10-7/h1-4,7,9-10H,(H,11,12). The van der Waals surface area contributed by atoms with E-state index in [0.29, 0.717) is 0 Å². The lowest BCUT2D eigenvalue weighted by molar-refractivity contribution is -0.139. The Balaban J connectivity index is 2.42. The van der Waals surface area contributed by atoms with E-state index in [0.717, 1.165) is 11.3 Å². The zero-order chi connectivity index (χ0) is 8.55. The molecule has 0 saturated carbocycles. The smallest absolute Gasteiger partial charge is 0.327 e. The first-order valence-corrected chi connectivity index (χ1v) is 3.62. The number of rotatable bonds is 1. The minimum atomic E-state index is -0.868. The molecule has 0 bridgehead atoms. The molecule has 0 radical (unpaired) electrons. The summed E-state index contributed by atoms with van der Waals surface area (Å²) >= 11 is 0. The van der Waals surface area contributed by atoms with Crippen molar-refractivity contribution in [2.45, 2.75) is 6.04 Å². The number of hydrogen-bond donors (Lipinski definition) is 3. The van der Waals surface area contributed by atoms with Crippen molar-refractivity contribution in [2.75, 3.05) is 5.43 Å². The lowest BCUT2D eigenvalue weighted by Gasteiger charge is -2.02. The van der Waals surface area contributed by atoms with E-state index in [2.05, 4.69) is 10.9 Å². The highest BCUT2D eigenvalue weighted by Crippen LogP contribution is 2.27. The SMILES string of the molecule is O=C(O)C1NNc2ccccc21. The molecule has 4 nitrogen and oxygen atoms in total. The number of para-hydroxylation sites is 1. The number of carboxylic acids is 1. The van der Waals surface area contributed by atoms with Crippen molar-refractivity contribution in [1.82, 2.24) is 5.43 Å². The summed E-state index contributed by atoms with van der Waals surface area (Å²) in [5.41, 5.74) is 7.09. The second kappa shape index (κ2) is 2.49. The van der Waals surface area contributed by atoms with Crippen molar-refractivity contribution in [3.63, 3.8) is 0 Å². The van der Waals surface area contributed by atoms with Gasteiger partial charge in [-0.1, -0.05) is 18.2 Å². The van der Waals surface area contributed by atoms with Crippen LogP contribution in [0.1, 0.15) is 11.6 Å². The Labute approximate surface area is 69.2 Å². The predicted octanol–water partition coefficient (Wildman–Crippen LogP) is 0.742. The van der Waals surface area contributed by atoms with E-state index in [-0.39, 0.29) is 0 Å². The molecule has 1 atom stereocenters. The quantitative estimate of drug-likeness (QED) is 0.573. The third-order valence-corrected chi connectivity index (χ3v) is 1.87.